The van der Waals surface area contributed by atoms with Crippen LogP contribution in [0.25, 0.3) is 0 Å². The molecule has 0 bridgehead atoms. The van der Waals surface area contributed by atoms with Gasteiger partial charge in [0.15, 0.2) is 17.2 Å². The summed E-state index contributed by atoms with van der Waals surface area (Å²) in [7, 11) is -3.74. The molecule has 3 rings (SSSR count). The Kier molecular flexibility index (Phi) is 5.33. The molecule has 0 aliphatic rings. The first-order valence-electron chi connectivity index (χ1n) is 8.41. The van der Waals surface area contributed by atoms with E-state index in [2.05, 4.69) is 10.0 Å². The molecule has 0 aromatic heterocycles. The Balaban J connectivity index is 1.72. The number of amides is 1. The molecule has 3 aromatic carbocycles. The van der Waals surface area contributed by atoms with Gasteiger partial charge in [-0.25, -0.2) is 8.42 Å². The smallest absolute Gasteiger partial charge is 0.261 e. The van der Waals surface area contributed by atoms with E-state index in [1.807, 2.05) is 6.92 Å². The van der Waals surface area contributed by atoms with Crippen molar-refractivity contribution in [2.24, 2.45) is 0 Å². The van der Waals surface area contributed by atoms with Crippen molar-refractivity contribution in [2.45, 2.75) is 11.8 Å². The van der Waals surface area contributed by atoms with Gasteiger partial charge in [0.1, 0.15) is 0 Å². The van der Waals surface area contributed by atoms with Gasteiger partial charge in [-0.3, -0.25) is 9.52 Å². The molecule has 0 saturated heterocycles. The van der Waals surface area contributed by atoms with Crippen molar-refractivity contribution >= 4 is 27.3 Å². The summed E-state index contributed by atoms with van der Waals surface area (Å²) < 4.78 is 27.3. The quantitative estimate of drug-likeness (QED) is 0.407. The van der Waals surface area contributed by atoms with Crippen molar-refractivity contribution in [1.29, 1.82) is 0 Å². The third-order valence-corrected chi connectivity index (χ3v) is 5.46. The fourth-order valence-electron chi connectivity index (χ4n) is 2.49. The number of phenolic OH excluding ortho intramolecular Hbond substituents is 3. The lowest BCUT2D eigenvalue weighted by atomic mass is 10.1. The van der Waals surface area contributed by atoms with E-state index in [4.69, 9.17) is 0 Å². The van der Waals surface area contributed by atoms with Crippen LogP contribution in [0.5, 0.6) is 17.2 Å². The van der Waals surface area contributed by atoms with Gasteiger partial charge < -0.3 is 20.6 Å². The van der Waals surface area contributed by atoms with Crippen LogP contribution in [-0.2, 0) is 10.0 Å². The maximum atomic E-state index is 12.4. The minimum absolute atomic E-state index is 0.0676. The van der Waals surface area contributed by atoms with Gasteiger partial charge >= 0.3 is 0 Å². The summed E-state index contributed by atoms with van der Waals surface area (Å²) in [6.07, 6.45) is 0. The molecule has 0 fully saturated rings. The monoisotopic (exact) mass is 414 g/mol. The highest BCUT2D eigenvalue weighted by Crippen LogP contribution is 2.35. The van der Waals surface area contributed by atoms with Gasteiger partial charge in [0, 0.05) is 16.9 Å². The number of nitrogens with one attached hydrogen (secondary N) is 2. The van der Waals surface area contributed by atoms with Crippen molar-refractivity contribution in [3.8, 4) is 17.2 Å². The summed E-state index contributed by atoms with van der Waals surface area (Å²) in [5.41, 5.74) is 1.55. The minimum Gasteiger partial charge on any atom is -0.504 e. The Morgan fingerprint density at radius 1 is 0.828 bits per heavy atom. The van der Waals surface area contributed by atoms with Crippen molar-refractivity contribution in [1.82, 2.24) is 0 Å². The molecular formula is C20H18N2O6S. The molecule has 9 heteroatoms. The zero-order valence-corrected chi connectivity index (χ0v) is 16.1. The molecule has 0 atom stereocenters. The van der Waals surface area contributed by atoms with Crippen molar-refractivity contribution in [3.63, 3.8) is 0 Å². The fourth-order valence-corrected chi connectivity index (χ4v) is 3.55. The Morgan fingerprint density at radius 3 is 1.90 bits per heavy atom. The van der Waals surface area contributed by atoms with Gasteiger partial charge in [-0.2, -0.15) is 0 Å². The van der Waals surface area contributed by atoms with Crippen LogP contribution >= 0.6 is 0 Å². The number of sulfonamides is 1. The van der Waals surface area contributed by atoms with Crippen LogP contribution in [0.15, 0.2) is 65.6 Å². The van der Waals surface area contributed by atoms with Crippen LogP contribution in [0.3, 0.4) is 0 Å². The van der Waals surface area contributed by atoms with Crippen LogP contribution in [0.2, 0.25) is 0 Å². The lowest BCUT2D eigenvalue weighted by Crippen LogP contribution is -2.14. The molecule has 0 aliphatic heterocycles. The third kappa shape index (κ3) is 4.58. The summed E-state index contributed by atoms with van der Waals surface area (Å²) in [6, 6.07) is 14.4. The molecule has 0 aliphatic carbocycles. The van der Waals surface area contributed by atoms with Crippen LogP contribution in [0.1, 0.15) is 15.9 Å². The molecular weight excluding hydrogens is 396 g/mol. The highest BCUT2D eigenvalue weighted by atomic mass is 32.2. The lowest BCUT2D eigenvalue weighted by molar-refractivity contribution is 0.102. The number of hydrogen-bond donors (Lipinski definition) is 5. The van der Waals surface area contributed by atoms with Crippen molar-refractivity contribution in [3.05, 3.63) is 71.8 Å². The van der Waals surface area contributed by atoms with E-state index in [1.165, 1.54) is 36.4 Å². The van der Waals surface area contributed by atoms with Crippen LogP contribution in [0.4, 0.5) is 11.4 Å². The third-order valence-electron chi connectivity index (χ3n) is 4.06. The molecule has 150 valence electrons. The van der Waals surface area contributed by atoms with E-state index < -0.39 is 33.2 Å². The highest BCUT2D eigenvalue weighted by molar-refractivity contribution is 7.92. The zero-order valence-electron chi connectivity index (χ0n) is 15.2. The second kappa shape index (κ2) is 7.72. The molecule has 3 aromatic rings. The SMILES string of the molecule is Cc1ccc(S(=O)(=O)Nc2ccc(NC(=O)c3cc(O)c(O)c(O)c3)cc2)cc1. The van der Waals surface area contributed by atoms with Crippen LogP contribution in [-0.4, -0.2) is 29.6 Å². The van der Waals surface area contributed by atoms with E-state index in [0.29, 0.717) is 11.4 Å². The zero-order chi connectivity index (χ0) is 21.2. The molecule has 1 amide bonds. The minimum atomic E-state index is -3.74. The maximum Gasteiger partial charge on any atom is 0.261 e. The van der Waals surface area contributed by atoms with Gasteiger partial charge in [-0.05, 0) is 55.5 Å². The number of phenols is 3. The van der Waals surface area contributed by atoms with E-state index in [9.17, 15) is 28.5 Å². The number of anilines is 2. The predicted octanol–water partition coefficient (Wildman–Crippen LogP) is 3.16. The average Bonchev–Trinajstić information content (AvgIpc) is 2.67. The van der Waals surface area contributed by atoms with Gasteiger partial charge in [-0.1, -0.05) is 17.7 Å². The largest absolute Gasteiger partial charge is 0.504 e. The van der Waals surface area contributed by atoms with Crippen LogP contribution < -0.4 is 10.0 Å². The van der Waals surface area contributed by atoms with E-state index >= 15 is 0 Å². The summed E-state index contributed by atoms with van der Waals surface area (Å²) in [6.45, 7) is 1.86. The molecule has 0 radical (unpaired) electrons. The average molecular weight is 414 g/mol. The van der Waals surface area contributed by atoms with E-state index in [1.54, 1.807) is 12.1 Å². The molecule has 0 heterocycles. The topological polar surface area (TPSA) is 136 Å². The van der Waals surface area contributed by atoms with E-state index in [0.717, 1.165) is 17.7 Å². The summed E-state index contributed by atoms with van der Waals surface area (Å²) >= 11 is 0. The van der Waals surface area contributed by atoms with Crippen molar-refractivity contribution < 1.29 is 28.5 Å². The number of rotatable bonds is 5. The van der Waals surface area contributed by atoms with Crippen LogP contribution in [0, 0.1) is 6.92 Å². The molecule has 8 nitrogen and oxygen atoms in total. The normalized spacial score (nSPS) is 11.1. The molecule has 29 heavy (non-hydrogen) atoms. The maximum absolute atomic E-state index is 12.4. The number of carbonyl (C=O) groups excluding carboxylic acids is 1. The summed E-state index contributed by atoms with van der Waals surface area (Å²) in [4.78, 5) is 12.4. The number of benzene rings is 3. The number of aryl methyl sites for hydroxylation is 1. The Labute approximate surface area is 167 Å². The highest BCUT2D eigenvalue weighted by Gasteiger charge is 2.15. The first-order valence-corrected chi connectivity index (χ1v) is 9.90. The van der Waals surface area contributed by atoms with Gasteiger partial charge in [0.2, 0.25) is 0 Å². The number of aromatic hydroxyl groups is 3. The summed E-state index contributed by atoms with van der Waals surface area (Å²) in [5, 5.41) is 30.9. The molecule has 5 N–H and O–H groups in total. The fraction of sp³-hybridized carbons (Fsp3) is 0.0500. The molecule has 0 spiro atoms. The van der Waals surface area contributed by atoms with E-state index in [-0.39, 0.29) is 10.5 Å². The number of hydrogen-bond acceptors (Lipinski definition) is 6. The van der Waals surface area contributed by atoms with Gasteiger partial charge in [-0.15, -0.1) is 0 Å². The Bertz CT molecular complexity index is 1130. The Morgan fingerprint density at radius 2 is 1.34 bits per heavy atom. The summed E-state index contributed by atoms with van der Waals surface area (Å²) in [5.74, 6) is -2.61. The van der Waals surface area contributed by atoms with Gasteiger partial charge in [0.25, 0.3) is 15.9 Å². The lowest BCUT2D eigenvalue weighted by Gasteiger charge is -2.10. The predicted molar refractivity (Wildman–Crippen MR) is 108 cm³/mol. The number of carbonyl (C=O) groups is 1. The van der Waals surface area contributed by atoms with Gasteiger partial charge in [0.05, 0.1) is 4.90 Å². The first kappa shape index (κ1) is 20.0. The molecule has 0 saturated carbocycles. The van der Waals surface area contributed by atoms with Crippen molar-refractivity contribution in [2.75, 3.05) is 10.0 Å². The second-order valence-corrected chi connectivity index (χ2v) is 8.00. The second-order valence-electron chi connectivity index (χ2n) is 6.31. The molecule has 0 unspecified atom stereocenters. The Hall–Kier alpha value is -3.72. The standard InChI is InChI=1S/C20H18N2O6S/c1-12-2-8-16(9-3-12)29(27,28)22-15-6-4-14(5-7-15)21-20(26)13-10-17(23)19(25)18(24)11-13/h2-11,22-25H,1H3,(H,21,26). The first-order chi connectivity index (χ1) is 13.7.